The van der Waals surface area contributed by atoms with Crippen molar-refractivity contribution in [1.29, 1.82) is 0 Å². The van der Waals surface area contributed by atoms with Crippen LogP contribution in [0.25, 0.3) is 11.1 Å². The number of pyridine rings is 1. The number of aromatic nitrogens is 1. The Morgan fingerprint density at radius 3 is 2.40 bits per heavy atom. The predicted molar refractivity (Wildman–Crippen MR) is 123 cm³/mol. The van der Waals surface area contributed by atoms with Crippen LogP contribution in [0.3, 0.4) is 0 Å². The molecule has 6 nitrogen and oxygen atoms in total. The van der Waals surface area contributed by atoms with Gasteiger partial charge in [0.2, 0.25) is 0 Å². The van der Waals surface area contributed by atoms with E-state index in [1.165, 1.54) is 12.3 Å². The summed E-state index contributed by atoms with van der Waals surface area (Å²) in [6, 6.07) is 11.6. The molecule has 3 aromatic rings. The van der Waals surface area contributed by atoms with Gasteiger partial charge >= 0.3 is 6.18 Å². The van der Waals surface area contributed by atoms with E-state index >= 15 is 0 Å². The second-order valence-electron chi connectivity index (χ2n) is 8.34. The van der Waals surface area contributed by atoms with E-state index in [0.717, 1.165) is 30.8 Å². The summed E-state index contributed by atoms with van der Waals surface area (Å²) in [6.45, 7) is 2.44. The van der Waals surface area contributed by atoms with Gasteiger partial charge in [-0.25, -0.2) is 9.37 Å². The molecule has 0 unspecified atom stereocenters. The fourth-order valence-electron chi connectivity index (χ4n) is 3.89. The lowest BCUT2D eigenvalue weighted by Crippen LogP contribution is -2.47. The van der Waals surface area contributed by atoms with Crippen LogP contribution in [0.4, 0.5) is 23.4 Å². The lowest BCUT2D eigenvalue weighted by atomic mass is 10.0. The van der Waals surface area contributed by atoms with Crippen molar-refractivity contribution < 1.29 is 27.1 Å². The van der Waals surface area contributed by atoms with Gasteiger partial charge < -0.3 is 20.3 Å². The minimum absolute atomic E-state index is 0.0134. The van der Waals surface area contributed by atoms with Gasteiger partial charge in [0.05, 0.1) is 5.56 Å². The van der Waals surface area contributed by atoms with E-state index in [4.69, 9.17) is 10.5 Å². The van der Waals surface area contributed by atoms with Crippen LogP contribution in [0.15, 0.2) is 54.7 Å². The van der Waals surface area contributed by atoms with Crippen LogP contribution in [-0.2, 0) is 12.8 Å². The number of amides is 1. The van der Waals surface area contributed by atoms with Gasteiger partial charge in [0.25, 0.3) is 5.91 Å². The molecular weight excluding hydrogens is 464 g/mol. The van der Waals surface area contributed by atoms with Crippen LogP contribution in [0.5, 0.6) is 5.75 Å². The molecule has 1 amide bonds. The Bertz CT molecular complexity index is 1210. The molecule has 1 aliphatic rings. The number of halogens is 4. The lowest BCUT2D eigenvalue weighted by Gasteiger charge is -2.32. The molecule has 1 aromatic heterocycles. The van der Waals surface area contributed by atoms with E-state index in [0.29, 0.717) is 24.2 Å². The normalized spacial score (nSPS) is 14.7. The summed E-state index contributed by atoms with van der Waals surface area (Å²) in [7, 11) is 2.02. The van der Waals surface area contributed by atoms with Gasteiger partial charge in [-0.2, -0.15) is 13.2 Å². The number of carbonyl (C=O) groups excluding carboxylic acids is 1. The first-order chi connectivity index (χ1) is 16.6. The molecule has 2 heterocycles. The average Bonchev–Trinajstić information content (AvgIpc) is 2.83. The number of rotatable bonds is 5. The van der Waals surface area contributed by atoms with Crippen molar-refractivity contribution in [2.24, 2.45) is 0 Å². The molecule has 0 spiro atoms. The number of nitrogens with two attached hydrogens (primary N) is 1. The number of nitrogens with zero attached hydrogens (tertiary/aromatic N) is 3. The number of alkyl halides is 3. The Balaban J connectivity index is 1.50. The number of piperazine rings is 1. The smallest absolute Gasteiger partial charge is 0.419 e. The van der Waals surface area contributed by atoms with Gasteiger partial charge in [-0.15, -0.1) is 0 Å². The molecule has 1 fully saturated rings. The Kier molecular flexibility index (Phi) is 6.93. The maximum Gasteiger partial charge on any atom is 0.419 e. The molecule has 35 heavy (non-hydrogen) atoms. The van der Waals surface area contributed by atoms with E-state index in [1.807, 2.05) is 11.9 Å². The standard InChI is InChI=1S/C25H24F4N4O2/c1-32-9-11-33(12-10-32)24(34)17-7-5-16(6-8-17)19-13-21(23(30)31-14-19)35-15-18-3-2-4-20(26)22(18)25(27,28)29/h2-8,13-14H,9-12,15H2,1H3,(H2,30,31). The van der Waals surface area contributed by atoms with Gasteiger partial charge in [-0.05, 0) is 36.9 Å². The third-order valence-corrected chi connectivity index (χ3v) is 5.90. The number of ether oxygens (including phenoxy) is 1. The Morgan fingerprint density at radius 2 is 1.74 bits per heavy atom. The van der Waals surface area contributed by atoms with E-state index in [-0.39, 0.29) is 23.0 Å². The third-order valence-electron chi connectivity index (χ3n) is 5.90. The van der Waals surface area contributed by atoms with Gasteiger partial charge in [-0.1, -0.05) is 24.3 Å². The summed E-state index contributed by atoms with van der Waals surface area (Å²) in [5, 5.41) is 0. The first kappa shape index (κ1) is 24.5. The number of likely N-dealkylation sites (N-methyl/N-ethyl adjacent to an activating group) is 1. The second-order valence-corrected chi connectivity index (χ2v) is 8.34. The summed E-state index contributed by atoms with van der Waals surface area (Å²) >= 11 is 0. The van der Waals surface area contributed by atoms with Crippen molar-refractivity contribution in [3.8, 4) is 16.9 Å². The first-order valence-electron chi connectivity index (χ1n) is 10.9. The average molecular weight is 488 g/mol. The number of hydrogen-bond donors (Lipinski definition) is 1. The maximum atomic E-state index is 13.8. The van der Waals surface area contributed by atoms with E-state index in [2.05, 4.69) is 9.88 Å². The van der Waals surface area contributed by atoms with Crippen molar-refractivity contribution in [3.05, 3.63) is 77.2 Å². The molecule has 4 rings (SSSR count). The van der Waals surface area contributed by atoms with Crippen molar-refractivity contribution in [1.82, 2.24) is 14.8 Å². The number of anilines is 1. The predicted octanol–water partition coefficient (Wildman–Crippen LogP) is 4.46. The third kappa shape index (κ3) is 5.54. The fourth-order valence-corrected chi connectivity index (χ4v) is 3.89. The van der Waals surface area contributed by atoms with Crippen molar-refractivity contribution >= 4 is 11.7 Å². The van der Waals surface area contributed by atoms with Crippen molar-refractivity contribution in [3.63, 3.8) is 0 Å². The second kappa shape index (κ2) is 9.91. The van der Waals surface area contributed by atoms with Gasteiger partial charge in [0.15, 0.2) is 11.6 Å². The topological polar surface area (TPSA) is 71.7 Å². The summed E-state index contributed by atoms with van der Waals surface area (Å²) in [4.78, 5) is 20.8. The molecule has 10 heteroatoms. The SMILES string of the molecule is CN1CCN(C(=O)c2ccc(-c3cnc(N)c(OCc4cccc(F)c4C(F)(F)F)c3)cc2)CC1. The highest BCUT2D eigenvalue weighted by molar-refractivity contribution is 5.94. The Labute approximate surface area is 199 Å². The van der Waals surface area contributed by atoms with E-state index < -0.39 is 24.2 Å². The van der Waals surface area contributed by atoms with Crippen LogP contribution in [0, 0.1) is 5.82 Å². The molecular formula is C25H24F4N4O2. The van der Waals surface area contributed by atoms with Crippen LogP contribution in [0.2, 0.25) is 0 Å². The van der Waals surface area contributed by atoms with Crippen LogP contribution in [0.1, 0.15) is 21.5 Å². The summed E-state index contributed by atoms with van der Waals surface area (Å²) in [5.41, 5.74) is 6.01. The molecule has 2 aromatic carbocycles. The van der Waals surface area contributed by atoms with Gasteiger partial charge in [0.1, 0.15) is 12.4 Å². The molecule has 184 valence electrons. The van der Waals surface area contributed by atoms with Gasteiger partial charge in [-0.3, -0.25) is 4.79 Å². The number of nitrogen functional groups attached to an aromatic ring is 1. The molecule has 0 aliphatic carbocycles. The quantitative estimate of drug-likeness (QED) is 0.537. The summed E-state index contributed by atoms with van der Waals surface area (Å²) in [6.07, 6.45) is -3.36. The minimum Gasteiger partial charge on any atom is -0.485 e. The Morgan fingerprint density at radius 1 is 1.06 bits per heavy atom. The molecule has 0 bridgehead atoms. The fraction of sp³-hybridized carbons (Fsp3) is 0.280. The molecule has 1 saturated heterocycles. The first-order valence-corrected chi connectivity index (χ1v) is 10.9. The van der Waals surface area contributed by atoms with E-state index in [9.17, 15) is 22.4 Å². The Hall–Kier alpha value is -3.66. The molecule has 0 radical (unpaired) electrons. The maximum absolute atomic E-state index is 13.8. The zero-order valence-corrected chi connectivity index (χ0v) is 19.0. The zero-order valence-electron chi connectivity index (χ0n) is 19.0. The molecule has 0 atom stereocenters. The molecule has 0 saturated carbocycles. The largest absolute Gasteiger partial charge is 0.485 e. The monoisotopic (exact) mass is 488 g/mol. The molecule has 2 N–H and O–H groups in total. The summed E-state index contributed by atoms with van der Waals surface area (Å²) in [5.74, 6) is -1.36. The van der Waals surface area contributed by atoms with Crippen LogP contribution >= 0.6 is 0 Å². The minimum atomic E-state index is -4.86. The van der Waals surface area contributed by atoms with Crippen LogP contribution in [-0.4, -0.2) is 53.9 Å². The van der Waals surface area contributed by atoms with Crippen molar-refractivity contribution in [2.45, 2.75) is 12.8 Å². The summed E-state index contributed by atoms with van der Waals surface area (Å²) < 4.78 is 59.1. The van der Waals surface area contributed by atoms with E-state index in [1.54, 1.807) is 30.3 Å². The highest BCUT2D eigenvalue weighted by atomic mass is 19.4. The highest BCUT2D eigenvalue weighted by Gasteiger charge is 2.36. The van der Waals surface area contributed by atoms with Crippen LogP contribution < -0.4 is 10.5 Å². The molecule has 1 aliphatic heterocycles. The lowest BCUT2D eigenvalue weighted by molar-refractivity contribution is -0.141. The number of carbonyl (C=O) groups is 1. The highest BCUT2D eigenvalue weighted by Crippen LogP contribution is 2.35. The number of hydrogen-bond acceptors (Lipinski definition) is 5. The zero-order chi connectivity index (χ0) is 25.2. The van der Waals surface area contributed by atoms with Crippen molar-refractivity contribution in [2.75, 3.05) is 39.0 Å². The number of benzene rings is 2. The van der Waals surface area contributed by atoms with Gasteiger partial charge in [0, 0.05) is 49.1 Å².